The summed E-state index contributed by atoms with van der Waals surface area (Å²) >= 11 is 0. The molecule has 0 saturated carbocycles. The Labute approximate surface area is 249 Å². The molecule has 1 aromatic heterocycles. The number of hydrogen-bond donors (Lipinski definition) is 3. The Morgan fingerprint density at radius 3 is 2.79 bits per heavy atom. The van der Waals surface area contributed by atoms with E-state index in [0.29, 0.717) is 25.9 Å². The molecule has 43 heavy (non-hydrogen) atoms. The van der Waals surface area contributed by atoms with Gasteiger partial charge in [0.1, 0.15) is 12.1 Å². The number of nitrogens with one attached hydrogen (secondary N) is 2. The maximum absolute atomic E-state index is 14.2. The Morgan fingerprint density at radius 2 is 1.98 bits per heavy atom. The molecular formula is C33H35N5O5. The zero-order valence-corrected chi connectivity index (χ0v) is 24.2. The molecule has 0 spiro atoms. The van der Waals surface area contributed by atoms with E-state index in [9.17, 15) is 19.5 Å². The molecule has 222 valence electrons. The van der Waals surface area contributed by atoms with Crippen molar-refractivity contribution < 1.29 is 24.2 Å². The molecule has 3 fully saturated rings. The fourth-order valence-electron chi connectivity index (χ4n) is 8.12. The number of carbonyl (C=O) groups excluding carboxylic acids is 3. The van der Waals surface area contributed by atoms with Gasteiger partial charge in [0.2, 0.25) is 17.5 Å². The molecule has 6 atom stereocenters. The summed E-state index contributed by atoms with van der Waals surface area (Å²) in [5, 5.41) is 16.1. The van der Waals surface area contributed by atoms with Gasteiger partial charge in [0, 0.05) is 42.7 Å². The van der Waals surface area contributed by atoms with Gasteiger partial charge in [0.25, 0.3) is 11.8 Å². The molecule has 2 aromatic carbocycles. The zero-order valence-electron chi connectivity index (χ0n) is 24.2. The van der Waals surface area contributed by atoms with Crippen LogP contribution in [0, 0.1) is 5.92 Å². The van der Waals surface area contributed by atoms with E-state index in [0.717, 1.165) is 28.6 Å². The molecule has 3 aromatic rings. The average molecular weight is 582 g/mol. The fraction of sp³-hybridized carbons (Fsp3) is 0.424. The van der Waals surface area contributed by atoms with Crippen molar-refractivity contribution in [2.24, 2.45) is 5.92 Å². The standard InChI is InChI=1S/C33H35N5O5/c1-32(35-29(39)21-15-23-22-10-6-11-24-28(22)20(17-34-24)16-25(23)36(2)18-21)31(41)38-26(14-19-8-4-3-5-9-19)30(40)37-13-7-12-27(37)33(38,42)43-32/h3-6,8-11,15,17,21,25-27,34,42H,7,12-14,16,18H2,1-2H3,(H,35,39)/t21-,25+,26-,27+,32-,33-/m1/s1. The van der Waals surface area contributed by atoms with E-state index < -0.39 is 35.5 Å². The van der Waals surface area contributed by atoms with Gasteiger partial charge < -0.3 is 20.3 Å². The number of piperazine rings is 1. The van der Waals surface area contributed by atoms with E-state index in [1.54, 1.807) is 4.90 Å². The van der Waals surface area contributed by atoms with Crippen molar-refractivity contribution in [1.29, 1.82) is 0 Å². The molecule has 10 heteroatoms. The highest BCUT2D eigenvalue weighted by Gasteiger charge is 2.70. The van der Waals surface area contributed by atoms with Gasteiger partial charge in [-0.05, 0) is 61.6 Å². The van der Waals surface area contributed by atoms with Gasteiger partial charge in [0.15, 0.2) is 0 Å². The second kappa shape index (κ2) is 9.25. The number of carbonyl (C=O) groups is 3. The van der Waals surface area contributed by atoms with Gasteiger partial charge in [-0.3, -0.25) is 28.9 Å². The number of amides is 3. The minimum Gasteiger partial charge on any atom is -0.361 e. The van der Waals surface area contributed by atoms with Gasteiger partial charge in [-0.1, -0.05) is 48.5 Å². The number of benzene rings is 2. The lowest BCUT2D eigenvalue weighted by Gasteiger charge is -2.48. The lowest BCUT2D eigenvalue weighted by atomic mass is 9.79. The molecule has 5 heterocycles. The number of aromatic amines is 1. The topological polar surface area (TPSA) is 118 Å². The Hall–Kier alpha value is -3.99. The van der Waals surface area contributed by atoms with Crippen LogP contribution in [0.4, 0.5) is 0 Å². The van der Waals surface area contributed by atoms with Gasteiger partial charge in [0.05, 0.1) is 5.92 Å². The lowest BCUT2D eigenvalue weighted by molar-refractivity contribution is -0.315. The Morgan fingerprint density at radius 1 is 1.16 bits per heavy atom. The number of rotatable bonds is 4. The van der Waals surface area contributed by atoms with Crippen LogP contribution in [0.15, 0.2) is 60.8 Å². The number of aromatic nitrogens is 1. The minimum absolute atomic E-state index is 0.144. The molecular weight excluding hydrogens is 546 g/mol. The number of hydrogen-bond acceptors (Lipinski definition) is 6. The first kappa shape index (κ1) is 26.6. The quantitative estimate of drug-likeness (QED) is 0.434. The third kappa shape index (κ3) is 3.79. The molecule has 4 aliphatic heterocycles. The average Bonchev–Trinajstić information content (AvgIpc) is 3.70. The van der Waals surface area contributed by atoms with Gasteiger partial charge in [-0.2, -0.15) is 0 Å². The first-order chi connectivity index (χ1) is 20.7. The molecule has 3 N–H and O–H groups in total. The van der Waals surface area contributed by atoms with Crippen molar-refractivity contribution in [3.8, 4) is 0 Å². The SMILES string of the molecule is CN1C[C@H](C(=O)N[C@]2(C)O[C@]3(O)[C@@H]4CCCN4C(=O)[C@@H](Cc4ccccc4)N3C2=O)C=C2c3cccc4[nH]cc(c34)C[C@@H]21. The second-order valence-corrected chi connectivity index (χ2v) is 12.8. The lowest BCUT2D eigenvalue weighted by Crippen LogP contribution is -2.71. The highest BCUT2D eigenvalue weighted by Crippen LogP contribution is 2.46. The number of nitrogens with zero attached hydrogens (tertiary/aromatic N) is 3. The van der Waals surface area contributed by atoms with E-state index in [4.69, 9.17) is 4.74 Å². The van der Waals surface area contributed by atoms with E-state index in [-0.39, 0.29) is 24.3 Å². The van der Waals surface area contributed by atoms with E-state index >= 15 is 0 Å². The van der Waals surface area contributed by atoms with Crippen molar-refractivity contribution in [2.75, 3.05) is 20.1 Å². The van der Waals surface area contributed by atoms with E-state index in [1.807, 2.05) is 49.5 Å². The summed E-state index contributed by atoms with van der Waals surface area (Å²) in [6, 6.07) is 14.1. The van der Waals surface area contributed by atoms with Crippen molar-refractivity contribution in [1.82, 2.24) is 25.0 Å². The van der Waals surface area contributed by atoms with Gasteiger partial charge in [-0.15, -0.1) is 0 Å². The first-order valence-electron chi connectivity index (χ1n) is 15.1. The second-order valence-electron chi connectivity index (χ2n) is 12.8. The van der Waals surface area contributed by atoms with Crippen LogP contribution in [0.25, 0.3) is 16.5 Å². The Kier molecular flexibility index (Phi) is 5.73. The number of aliphatic hydroxyl groups is 1. The van der Waals surface area contributed by atoms with Gasteiger partial charge in [-0.25, -0.2) is 0 Å². The van der Waals surface area contributed by atoms with Crippen LogP contribution in [0.3, 0.4) is 0 Å². The summed E-state index contributed by atoms with van der Waals surface area (Å²) in [4.78, 5) is 50.2. The maximum atomic E-state index is 14.2. The molecule has 3 amide bonds. The molecule has 5 aliphatic rings. The zero-order chi connectivity index (χ0) is 29.7. The summed E-state index contributed by atoms with van der Waals surface area (Å²) in [7, 11) is 2.02. The predicted octanol–water partition coefficient (Wildman–Crippen LogP) is 1.99. The van der Waals surface area contributed by atoms with E-state index in [1.165, 1.54) is 22.8 Å². The number of likely N-dealkylation sites (N-methyl/N-ethyl adjacent to an activating group) is 1. The number of fused-ring (bicyclic) bond motifs is 5. The molecule has 0 bridgehead atoms. The first-order valence-corrected chi connectivity index (χ1v) is 15.1. The van der Waals surface area contributed by atoms with Gasteiger partial charge >= 0.3 is 0 Å². The van der Waals surface area contributed by atoms with Crippen molar-refractivity contribution in [3.05, 3.63) is 77.5 Å². The Balaban J connectivity index is 1.11. The third-order valence-corrected chi connectivity index (χ3v) is 10.1. The smallest absolute Gasteiger partial charge is 0.280 e. The number of ether oxygens (including phenoxy) is 1. The van der Waals surface area contributed by atoms with Crippen molar-refractivity contribution in [2.45, 2.75) is 62.4 Å². The largest absolute Gasteiger partial charge is 0.361 e. The fourth-order valence-corrected chi connectivity index (χ4v) is 8.12. The molecule has 0 unspecified atom stereocenters. The summed E-state index contributed by atoms with van der Waals surface area (Å²) in [6.07, 6.45) is 6.38. The van der Waals surface area contributed by atoms with Crippen LogP contribution >= 0.6 is 0 Å². The van der Waals surface area contributed by atoms with E-state index in [2.05, 4.69) is 33.5 Å². The number of H-pyrrole nitrogens is 1. The summed E-state index contributed by atoms with van der Waals surface area (Å²) in [5.74, 6) is -3.77. The molecule has 10 nitrogen and oxygen atoms in total. The van der Waals surface area contributed by atoms with Crippen LogP contribution in [0.1, 0.15) is 36.5 Å². The van der Waals surface area contributed by atoms with Crippen molar-refractivity contribution >= 4 is 34.2 Å². The third-order valence-electron chi connectivity index (χ3n) is 10.1. The van der Waals surface area contributed by atoms with Crippen LogP contribution in [-0.4, -0.2) is 92.4 Å². The molecule has 0 radical (unpaired) electrons. The maximum Gasteiger partial charge on any atom is 0.280 e. The monoisotopic (exact) mass is 581 g/mol. The minimum atomic E-state index is -2.04. The molecule has 8 rings (SSSR count). The molecule has 1 aliphatic carbocycles. The predicted molar refractivity (Wildman–Crippen MR) is 158 cm³/mol. The van der Waals surface area contributed by atoms with Crippen LogP contribution in [-0.2, 0) is 32.0 Å². The summed E-state index contributed by atoms with van der Waals surface area (Å²) < 4.78 is 6.23. The van der Waals surface area contributed by atoms with Crippen LogP contribution < -0.4 is 5.32 Å². The summed E-state index contributed by atoms with van der Waals surface area (Å²) in [6.45, 7) is 2.45. The highest BCUT2D eigenvalue weighted by atomic mass is 16.7. The summed E-state index contributed by atoms with van der Waals surface area (Å²) in [5.41, 5.74) is 3.58. The van der Waals surface area contributed by atoms with Crippen molar-refractivity contribution in [3.63, 3.8) is 0 Å². The molecule has 3 saturated heterocycles. The Bertz CT molecular complexity index is 1700. The highest BCUT2D eigenvalue weighted by molar-refractivity contribution is 6.00. The van der Waals surface area contributed by atoms with Crippen LogP contribution in [0.2, 0.25) is 0 Å². The van der Waals surface area contributed by atoms with Crippen LogP contribution in [0.5, 0.6) is 0 Å². The normalized spacial score (nSPS) is 33.3.